The van der Waals surface area contributed by atoms with Crippen molar-refractivity contribution in [1.82, 2.24) is 10.2 Å². The summed E-state index contributed by atoms with van der Waals surface area (Å²) >= 11 is 0. The second-order valence-electron chi connectivity index (χ2n) is 3.63. The molecule has 1 unspecified atom stereocenters. The normalized spacial score (nSPS) is 20.9. The average molecular weight is 213 g/mol. The molecule has 3 amide bonds. The fraction of sp³-hybridized carbons (Fsp3) is 0.800. The molecule has 1 rings (SSSR count). The van der Waals surface area contributed by atoms with Crippen molar-refractivity contribution in [2.24, 2.45) is 0 Å². The zero-order valence-corrected chi connectivity index (χ0v) is 9.23. The Morgan fingerprint density at radius 2 is 2.07 bits per heavy atom. The average Bonchev–Trinajstić information content (AvgIpc) is 2.44. The minimum Gasteiger partial charge on any atom is -0.349 e. The fourth-order valence-electron chi connectivity index (χ4n) is 1.40. The number of carbonyl (C=O) groups excluding carboxylic acids is 2. The summed E-state index contributed by atoms with van der Waals surface area (Å²) in [6.45, 7) is 2.64. The first-order valence-electron chi connectivity index (χ1n) is 5.30. The van der Waals surface area contributed by atoms with Gasteiger partial charge in [0.25, 0.3) is 0 Å². The van der Waals surface area contributed by atoms with Crippen molar-refractivity contribution >= 4 is 11.9 Å². The monoisotopic (exact) mass is 213 g/mol. The lowest BCUT2D eigenvalue weighted by atomic mass is 10.2. The van der Waals surface area contributed by atoms with E-state index >= 15 is 0 Å². The summed E-state index contributed by atoms with van der Waals surface area (Å²) in [4.78, 5) is 23.4. The number of amides is 3. The van der Waals surface area contributed by atoms with Gasteiger partial charge < -0.3 is 4.74 Å². The van der Waals surface area contributed by atoms with Crippen molar-refractivity contribution in [2.75, 3.05) is 13.7 Å². The number of ether oxygens (including phenoxy) is 1. The van der Waals surface area contributed by atoms with E-state index in [9.17, 15) is 9.59 Å². The number of unbranched alkanes of at least 4 members (excludes halogenated alkanes) is 3. The Kier molecular flexibility index (Phi) is 4.55. The van der Waals surface area contributed by atoms with Gasteiger partial charge in [-0.2, -0.15) is 5.32 Å². The molecule has 15 heavy (non-hydrogen) atoms. The summed E-state index contributed by atoms with van der Waals surface area (Å²) in [5.74, 6) is -0.488. The zero-order chi connectivity index (χ0) is 11.3. The van der Waals surface area contributed by atoms with Crippen LogP contribution in [0.15, 0.2) is 0 Å². The number of nitrogens with zero attached hydrogens (tertiary/aromatic N) is 2. The second-order valence-corrected chi connectivity index (χ2v) is 3.63. The van der Waals surface area contributed by atoms with Crippen LogP contribution in [-0.2, 0) is 9.53 Å². The first-order valence-corrected chi connectivity index (χ1v) is 5.30. The van der Waals surface area contributed by atoms with Gasteiger partial charge in [0.15, 0.2) is 0 Å². The van der Waals surface area contributed by atoms with Gasteiger partial charge in [0.05, 0.1) is 0 Å². The third-order valence-electron chi connectivity index (χ3n) is 2.34. The topological polar surface area (TPSA) is 60.7 Å². The molecule has 1 saturated heterocycles. The van der Waals surface area contributed by atoms with Gasteiger partial charge in [0.2, 0.25) is 6.23 Å². The number of rotatable bonds is 6. The van der Waals surface area contributed by atoms with E-state index in [1.807, 2.05) is 0 Å². The molecule has 5 heteroatoms. The Morgan fingerprint density at radius 1 is 1.33 bits per heavy atom. The van der Waals surface area contributed by atoms with Gasteiger partial charge in [0, 0.05) is 13.7 Å². The predicted molar refractivity (Wildman–Crippen MR) is 54.2 cm³/mol. The highest BCUT2D eigenvalue weighted by Crippen LogP contribution is 2.09. The maximum atomic E-state index is 11.2. The van der Waals surface area contributed by atoms with Gasteiger partial charge in [0.1, 0.15) is 0 Å². The molecule has 85 valence electrons. The van der Waals surface area contributed by atoms with Crippen LogP contribution in [0.5, 0.6) is 0 Å². The van der Waals surface area contributed by atoms with Crippen LogP contribution < -0.4 is 5.32 Å². The molecule has 0 spiro atoms. The highest BCUT2D eigenvalue weighted by atomic mass is 16.5. The van der Waals surface area contributed by atoms with Crippen molar-refractivity contribution in [3.63, 3.8) is 0 Å². The largest absolute Gasteiger partial charge is 0.349 e. The molecule has 1 radical (unpaired) electrons. The Bertz CT molecular complexity index is 243. The molecule has 1 fully saturated rings. The van der Waals surface area contributed by atoms with Gasteiger partial charge in [-0.15, -0.1) is 0 Å². The maximum Gasteiger partial charge on any atom is 0.349 e. The highest BCUT2D eigenvalue weighted by molar-refractivity contribution is 6.02. The highest BCUT2D eigenvalue weighted by Gasteiger charge is 2.38. The van der Waals surface area contributed by atoms with E-state index < -0.39 is 18.2 Å². The quantitative estimate of drug-likeness (QED) is 0.490. The molecule has 1 aliphatic rings. The van der Waals surface area contributed by atoms with Crippen LogP contribution >= 0.6 is 0 Å². The number of hydrogen-bond acceptors (Lipinski definition) is 3. The van der Waals surface area contributed by atoms with Crippen molar-refractivity contribution in [3.8, 4) is 0 Å². The molecule has 1 aliphatic heterocycles. The van der Waals surface area contributed by atoms with E-state index in [1.54, 1.807) is 0 Å². The number of imide groups is 1. The summed E-state index contributed by atoms with van der Waals surface area (Å²) < 4.78 is 5.31. The van der Waals surface area contributed by atoms with Gasteiger partial charge in [-0.3, -0.25) is 9.69 Å². The molecule has 1 atom stereocenters. The molecule has 5 nitrogen and oxygen atoms in total. The Balaban J connectivity index is 2.20. The molecule has 0 aromatic carbocycles. The van der Waals surface area contributed by atoms with E-state index in [4.69, 9.17) is 4.74 Å². The first kappa shape index (κ1) is 12.0. The Hall–Kier alpha value is -1.10. The van der Waals surface area contributed by atoms with Crippen LogP contribution in [0.2, 0.25) is 0 Å². The van der Waals surface area contributed by atoms with Crippen molar-refractivity contribution < 1.29 is 14.3 Å². The van der Waals surface area contributed by atoms with Crippen molar-refractivity contribution in [1.29, 1.82) is 0 Å². The molecule has 0 N–H and O–H groups in total. The van der Waals surface area contributed by atoms with Crippen LogP contribution in [0.1, 0.15) is 32.6 Å². The van der Waals surface area contributed by atoms with Crippen LogP contribution in [0.3, 0.4) is 0 Å². The minimum atomic E-state index is -0.792. The molecular weight excluding hydrogens is 196 g/mol. The lowest BCUT2D eigenvalue weighted by Gasteiger charge is -2.16. The third kappa shape index (κ3) is 3.20. The van der Waals surface area contributed by atoms with Crippen LogP contribution in [0.4, 0.5) is 4.79 Å². The predicted octanol–water partition coefficient (Wildman–Crippen LogP) is 1.11. The SMILES string of the molecule is CCCCCCOC1C(=O)[N]C(=O)N1C. The van der Waals surface area contributed by atoms with Crippen LogP contribution in [0.25, 0.3) is 0 Å². The Labute approximate surface area is 89.8 Å². The van der Waals surface area contributed by atoms with Crippen LogP contribution in [-0.4, -0.2) is 36.7 Å². The molecule has 0 bridgehead atoms. The molecular formula is C10H17N2O3. The second kappa shape index (κ2) is 5.70. The van der Waals surface area contributed by atoms with Gasteiger partial charge in [-0.05, 0) is 6.42 Å². The maximum absolute atomic E-state index is 11.2. The number of carbonyl (C=O) groups is 2. The fourth-order valence-corrected chi connectivity index (χ4v) is 1.40. The van der Waals surface area contributed by atoms with E-state index in [0.717, 1.165) is 19.3 Å². The lowest BCUT2D eigenvalue weighted by Crippen LogP contribution is -2.34. The summed E-state index contributed by atoms with van der Waals surface area (Å²) in [5, 5.41) is 3.29. The molecule has 0 aliphatic carbocycles. The van der Waals surface area contributed by atoms with Crippen molar-refractivity contribution in [2.45, 2.75) is 38.8 Å². The van der Waals surface area contributed by atoms with Crippen LogP contribution in [0, 0.1) is 0 Å². The standard InChI is InChI=1S/C10H17N2O3/c1-3-4-5-6-7-15-9-8(13)11-10(14)12(9)2/h9H,3-7H2,1-2H3. The van der Waals surface area contributed by atoms with Crippen molar-refractivity contribution in [3.05, 3.63) is 0 Å². The molecule has 0 saturated carbocycles. The molecule has 1 heterocycles. The summed E-state index contributed by atoms with van der Waals surface area (Å²) in [6, 6.07) is -0.515. The number of likely N-dealkylation sites (N-methyl/N-ethyl adjacent to an activating group) is 1. The summed E-state index contributed by atoms with van der Waals surface area (Å²) in [5.41, 5.74) is 0. The molecule has 0 aromatic heterocycles. The van der Waals surface area contributed by atoms with Gasteiger partial charge >= 0.3 is 11.9 Å². The van der Waals surface area contributed by atoms with Gasteiger partial charge in [-0.1, -0.05) is 26.2 Å². The van der Waals surface area contributed by atoms with E-state index in [1.165, 1.54) is 18.4 Å². The number of urea groups is 1. The lowest BCUT2D eigenvalue weighted by molar-refractivity contribution is -0.135. The summed E-state index contributed by atoms with van der Waals surface area (Å²) in [6.07, 6.45) is 3.54. The number of hydrogen-bond donors (Lipinski definition) is 0. The van der Waals surface area contributed by atoms with E-state index in [2.05, 4.69) is 12.2 Å². The zero-order valence-electron chi connectivity index (χ0n) is 9.23. The van der Waals surface area contributed by atoms with Gasteiger partial charge in [-0.25, -0.2) is 4.79 Å². The summed E-state index contributed by atoms with van der Waals surface area (Å²) in [7, 11) is 1.52. The first-order chi connectivity index (χ1) is 7.16. The van der Waals surface area contributed by atoms with E-state index in [0.29, 0.717) is 6.61 Å². The Morgan fingerprint density at radius 3 is 2.60 bits per heavy atom. The smallest absolute Gasteiger partial charge is 0.349 e. The van der Waals surface area contributed by atoms with E-state index in [-0.39, 0.29) is 0 Å². The molecule has 0 aromatic rings. The minimum absolute atomic E-state index is 0.488. The third-order valence-corrected chi connectivity index (χ3v) is 2.34.